The van der Waals surface area contributed by atoms with Crippen LogP contribution in [0.4, 0.5) is 0 Å². The second-order valence-electron chi connectivity index (χ2n) is 8.20. The van der Waals surface area contributed by atoms with Crippen molar-refractivity contribution < 1.29 is 14.6 Å². The Kier molecular flexibility index (Phi) is 3.53. The molecule has 4 nitrogen and oxygen atoms in total. The monoisotopic (exact) mass is 307 g/mol. The molecule has 2 saturated carbocycles. The van der Waals surface area contributed by atoms with Crippen molar-refractivity contribution in [2.45, 2.75) is 70.1 Å². The van der Waals surface area contributed by atoms with Crippen LogP contribution >= 0.6 is 0 Å². The molecule has 1 spiro atoms. The van der Waals surface area contributed by atoms with Gasteiger partial charge in [0.2, 0.25) is 0 Å². The molecule has 124 valence electrons. The third-order valence-corrected chi connectivity index (χ3v) is 7.22. The zero-order valence-corrected chi connectivity index (χ0v) is 13.8. The molecule has 7 atom stereocenters. The predicted molar refractivity (Wildman–Crippen MR) is 83.2 cm³/mol. The number of esters is 1. The van der Waals surface area contributed by atoms with Crippen molar-refractivity contribution in [3.8, 4) is 0 Å². The number of aliphatic hydroxyl groups is 1. The van der Waals surface area contributed by atoms with Crippen LogP contribution in [0.2, 0.25) is 0 Å². The van der Waals surface area contributed by atoms with Gasteiger partial charge in [-0.15, -0.1) is 0 Å². The van der Waals surface area contributed by atoms with E-state index >= 15 is 0 Å². The summed E-state index contributed by atoms with van der Waals surface area (Å²) in [6.07, 6.45) is 6.65. The Morgan fingerprint density at radius 1 is 1.23 bits per heavy atom. The number of carbonyl (C=O) groups is 1. The van der Waals surface area contributed by atoms with Crippen LogP contribution in [0.1, 0.15) is 52.4 Å². The molecule has 4 fully saturated rings. The Balaban J connectivity index is 1.76. The molecule has 0 aromatic rings. The van der Waals surface area contributed by atoms with Crippen LogP contribution in [0.5, 0.6) is 0 Å². The van der Waals surface area contributed by atoms with Crippen LogP contribution in [0, 0.1) is 23.7 Å². The molecule has 4 aliphatic rings. The summed E-state index contributed by atoms with van der Waals surface area (Å²) >= 11 is 0. The Hall–Kier alpha value is -0.610. The Morgan fingerprint density at radius 3 is 2.59 bits per heavy atom. The fourth-order valence-corrected chi connectivity index (χ4v) is 6.68. The smallest absolute Gasteiger partial charge is 0.302 e. The Morgan fingerprint density at radius 2 is 1.91 bits per heavy atom. The zero-order chi connectivity index (χ0) is 15.5. The standard InChI is InChI=1S/C18H29NO3/c1-11-10-18-14-5-3-7-19(18)8-4-6-15(18)16(22-12(2)20)9-13(14)17(11)21/h11,13-17,21H,3-10H2,1-2H3/t11-,13-,14+,15+,16+,17-,18+/m0/s1. The largest absolute Gasteiger partial charge is 0.462 e. The first-order valence-corrected chi connectivity index (χ1v) is 9.14. The molecule has 2 bridgehead atoms. The van der Waals surface area contributed by atoms with Crippen molar-refractivity contribution in [3.63, 3.8) is 0 Å². The van der Waals surface area contributed by atoms with E-state index in [-0.39, 0.29) is 23.7 Å². The normalized spacial score (nSPS) is 51.0. The van der Waals surface area contributed by atoms with Crippen molar-refractivity contribution in [1.82, 2.24) is 4.90 Å². The first kappa shape index (κ1) is 14.9. The molecular formula is C18H29NO3. The molecule has 4 rings (SSSR count). The number of carbonyl (C=O) groups excluding carboxylic acids is 1. The first-order valence-electron chi connectivity index (χ1n) is 9.14. The van der Waals surface area contributed by atoms with Gasteiger partial charge in [-0.3, -0.25) is 9.69 Å². The van der Waals surface area contributed by atoms with Gasteiger partial charge in [0.25, 0.3) is 0 Å². The summed E-state index contributed by atoms with van der Waals surface area (Å²) in [5.74, 6) is 1.59. The summed E-state index contributed by atoms with van der Waals surface area (Å²) < 4.78 is 5.76. The number of piperidine rings is 2. The average Bonchev–Trinajstić information content (AvgIpc) is 2.47. The van der Waals surface area contributed by atoms with Gasteiger partial charge in [-0.2, -0.15) is 0 Å². The topological polar surface area (TPSA) is 49.8 Å². The minimum absolute atomic E-state index is 0.0156. The van der Waals surface area contributed by atoms with Crippen LogP contribution in [-0.4, -0.2) is 46.8 Å². The quantitative estimate of drug-likeness (QED) is 0.755. The van der Waals surface area contributed by atoms with Gasteiger partial charge in [0, 0.05) is 18.4 Å². The summed E-state index contributed by atoms with van der Waals surface area (Å²) in [6.45, 7) is 6.12. The van der Waals surface area contributed by atoms with E-state index in [1.54, 1.807) is 0 Å². The molecule has 0 aromatic heterocycles. The SMILES string of the molecule is CC(=O)O[C@@H]1C[C@@H]2[C@@H](O)[C@@H](C)C[C@]34[C@@H]2CCCN3CCC[C@H]14. The van der Waals surface area contributed by atoms with Gasteiger partial charge in [-0.1, -0.05) is 6.92 Å². The highest BCUT2D eigenvalue weighted by Gasteiger charge is 2.65. The molecular weight excluding hydrogens is 278 g/mol. The predicted octanol–water partition coefficient (Wildman–Crippen LogP) is 2.20. The highest BCUT2D eigenvalue weighted by molar-refractivity contribution is 5.66. The van der Waals surface area contributed by atoms with Crippen LogP contribution in [0.3, 0.4) is 0 Å². The van der Waals surface area contributed by atoms with Gasteiger partial charge in [-0.25, -0.2) is 0 Å². The minimum atomic E-state index is -0.225. The lowest BCUT2D eigenvalue weighted by Gasteiger charge is -2.68. The van der Waals surface area contributed by atoms with E-state index in [4.69, 9.17) is 4.74 Å². The number of hydrogen-bond acceptors (Lipinski definition) is 4. The third kappa shape index (κ3) is 1.92. The van der Waals surface area contributed by atoms with E-state index in [9.17, 15) is 9.90 Å². The van der Waals surface area contributed by atoms with E-state index in [0.717, 1.165) is 12.8 Å². The second kappa shape index (κ2) is 5.20. The van der Waals surface area contributed by atoms with E-state index < -0.39 is 0 Å². The molecule has 0 aromatic carbocycles. The molecule has 1 N–H and O–H groups in total. The Bertz CT molecular complexity index is 465. The van der Waals surface area contributed by atoms with Gasteiger partial charge < -0.3 is 9.84 Å². The maximum Gasteiger partial charge on any atom is 0.302 e. The lowest BCUT2D eigenvalue weighted by Crippen LogP contribution is -2.74. The van der Waals surface area contributed by atoms with Crippen molar-refractivity contribution in [3.05, 3.63) is 0 Å². The Labute approximate surface area is 133 Å². The minimum Gasteiger partial charge on any atom is -0.462 e. The van der Waals surface area contributed by atoms with E-state index in [0.29, 0.717) is 23.7 Å². The van der Waals surface area contributed by atoms with Gasteiger partial charge in [-0.05, 0) is 69.4 Å². The summed E-state index contributed by atoms with van der Waals surface area (Å²) in [5, 5.41) is 10.8. The van der Waals surface area contributed by atoms with Gasteiger partial charge >= 0.3 is 5.97 Å². The second-order valence-corrected chi connectivity index (χ2v) is 8.20. The molecule has 2 saturated heterocycles. The molecule has 4 heteroatoms. The number of ether oxygens (including phenoxy) is 1. The highest BCUT2D eigenvalue weighted by Crippen LogP contribution is 2.60. The summed E-state index contributed by atoms with van der Waals surface area (Å²) in [7, 11) is 0. The third-order valence-electron chi connectivity index (χ3n) is 7.22. The van der Waals surface area contributed by atoms with Crippen LogP contribution in [0.25, 0.3) is 0 Å². The fourth-order valence-electron chi connectivity index (χ4n) is 6.68. The summed E-state index contributed by atoms with van der Waals surface area (Å²) in [5.41, 5.74) is 0.193. The molecule has 0 amide bonds. The molecule has 22 heavy (non-hydrogen) atoms. The molecule has 2 aliphatic heterocycles. The van der Waals surface area contributed by atoms with Crippen molar-refractivity contribution in [2.75, 3.05) is 13.1 Å². The lowest BCUT2D eigenvalue weighted by molar-refractivity contribution is -0.229. The van der Waals surface area contributed by atoms with Crippen molar-refractivity contribution >= 4 is 5.97 Å². The van der Waals surface area contributed by atoms with Gasteiger partial charge in [0.15, 0.2) is 0 Å². The maximum atomic E-state index is 11.6. The molecule has 0 unspecified atom stereocenters. The van der Waals surface area contributed by atoms with Gasteiger partial charge in [0.05, 0.1) is 6.10 Å². The van der Waals surface area contributed by atoms with Crippen LogP contribution in [-0.2, 0) is 9.53 Å². The molecule has 0 radical (unpaired) electrons. The number of nitrogens with zero attached hydrogens (tertiary/aromatic N) is 1. The highest BCUT2D eigenvalue weighted by atomic mass is 16.5. The van der Waals surface area contributed by atoms with Crippen LogP contribution in [0.15, 0.2) is 0 Å². The molecule has 2 aliphatic carbocycles. The fraction of sp³-hybridized carbons (Fsp3) is 0.944. The van der Waals surface area contributed by atoms with E-state index in [1.807, 2.05) is 0 Å². The van der Waals surface area contributed by atoms with Crippen molar-refractivity contribution in [2.24, 2.45) is 23.7 Å². The maximum absolute atomic E-state index is 11.6. The number of rotatable bonds is 1. The summed E-state index contributed by atoms with van der Waals surface area (Å²) in [6, 6.07) is 0. The van der Waals surface area contributed by atoms with Crippen molar-refractivity contribution in [1.29, 1.82) is 0 Å². The zero-order valence-electron chi connectivity index (χ0n) is 13.8. The molecule has 2 heterocycles. The lowest BCUT2D eigenvalue weighted by atomic mass is 9.47. The van der Waals surface area contributed by atoms with E-state index in [2.05, 4.69) is 11.8 Å². The van der Waals surface area contributed by atoms with E-state index in [1.165, 1.54) is 45.7 Å². The number of hydrogen-bond donors (Lipinski definition) is 1. The first-order chi connectivity index (χ1) is 10.5. The van der Waals surface area contributed by atoms with Gasteiger partial charge in [0.1, 0.15) is 6.10 Å². The van der Waals surface area contributed by atoms with Crippen LogP contribution < -0.4 is 0 Å². The average molecular weight is 307 g/mol. The summed E-state index contributed by atoms with van der Waals surface area (Å²) in [4.78, 5) is 14.3. The number of aliphatic hydroxyl groups excluding tert-OH is 1.